The van der Waals surface area contributed by atoms with E-state index in [2.05, 4.69) is 15.8 Å². The molecule has 0 amide bonds. The zero-order chi connectivity index (χ0) is 10.0. The number of nitrogens with zero attached hydrogens (tertiary/aromatic N) is 1. The first-order valence-corrected chi connectivity index (χ1v) is 5.02. The van der Waals surface area contributed by atoms with Crippen LogP contribution >= 0.6 is 9.24 Å². The first kappa shape index (κ1) is 10.8. The number of Topliss-reactive ketones (excluding diaryl/α,β-unsaturated/α-hetero) is 1. The minimum atomic E-state index is -0.777. The van der Waals surface area contributed by atoms with Crippen LogP contribution in [0.3, 0.4) is 0 Å². The van der Waals surface area contributed by atoms with E-state index in [4.69, 9.17) is 0 Å². The van der Waals surface area contributed by atoms with Crippen molar-refractivity contribution in [1.29, 1.82) is 0 Å². The quantitative estimate of drug-likeness (QED) is 0.510. The van der Waals surface area contributed by atoms with E-state index in [0.29, 0.717) is 25.1 Å². The van der Waals surface area contributed by atoms with Crippen LogP contribution < -0.4 is 0 Å². The summed E-state index contributed by atoms with van der Waals surface area (Å²) in [5, 5.41) is 0. The number of hydrogen-bond donors (Lipinski definition) is 0. The molecule has 1 aliphatic heterocycles. The Morgan fingerprint density at radius 3 is 2.77 bits per heavy atom. The molecule has 4 heteroatoms. The van der Waals surface area contributed by atoms with E-state index >= 15 is 0 Å². The normalized spacial score (nSPS) is 25.9. The van der Waals surface area contributed by atoms with E-state index in [9.17, 15) is 9.18 Å². The molecule has 3 atom stereocenters. The predicted octanol–water partition coefficient (Wildman–Crippen LogP) is 1.38. The van der Waals surface area contributed by atoms with Gasteiger partial charge in [0.25, 0.3) is 0 Å². The average Bonchev–Trinajstić information content (AvgIpc) is 2.49. The molecule has 0 aromatic rings. The van der Waals surface area contributed by atoms with E-state index in [1.165, 1.54) is 0 Å². The van der Waals surface area contributed by atoms with Crippen molar-refractivity contribution in [2.24, 2.45) is 0 Å². The Bertz CT molecular complexity index is 232. The maximum Gasteiger partial charge on any atom is 0.178 e. The van der Waals surface area contributed by atoms with Crippen LogP contribution in [0.1, 0.15) is 13.3 Å². The van der Waals surface area contributed by atoms with Crippen molar-refractivity contribution >= 4 is 15.0 Å². The summed E-state index contributed by atoms with van der Waals surface area (Å²) in [5.74, 6) is -0.308. The molecule has 0 spiro atoms. The highest BCUT2D eigenvalue weighted by molar-refractivity contribution is 7.19. The van der Waals surface area contributed by atoms with Gasteiger partial charge in [0, 0.05) is 13.1 Å². The molecule has 0 radical (unpaired) electrons. The van der Waals surface area contributed by atoms with Crippen LogP contribution in [0.2, 0.25) is 0 Å². The highest BCUT2D eigenvalue weighted by Gasteiger charge is 2.29. The largest absolute Gasteiger partial charge is 0.292 e. The van der Waals surface area contributed by atoms with Crippen molar-refractivity contribution < 1.29 is 9.18 Å². The van der Waals surface area contributed by atoms with E-state index in [-0.39, 0.29) is 11.6 Å². The summed E-state index contributed by atoms with van der Waals surface area (Å²) in [7, 11) is 2.45. The van der Waals surface area contributed by atoms with Crippen molar-refractivity contribution in [3.8, 4) is 0 Å². The number of likely N-dealkylation sites (tertiary alicyclic amines) is 1. The molecule has 1 rings (SSSR count). The molecule has 0 bridgehead atoms. The van der Waals surface area contributed by atoms with Gasteiger partial charge in [-0.05, 0) is 18.9 Å². The Kier molecular flexibility index (Phi) is 3.57. The summed E-state index contributed by atoms with van der Waals surface area (Å²) in [4.78, 5) is 13.3. The molecule has 0 saturated carbocycles. The van der Waals surface area contributed by atoms with Gasteiger partial charge in [0.15, 0.2) is 5.78 Å². The van der Waals surface area contributed by atoms with Gasteiger partial charge in [0.2, 0.25) is 0 Å². The smallest absolute Gasteiger partial charge is 0.178 e. The summed E-state index contributed by atoms with van der Waals surface area (Å²) in [6, 6.07) is 0. The Morgan fingerprint density at radius 2 is 2.38 bits per heavy atom. The van der Waals surface area contributed by atoms with Crippen LogP contribution in [0.5, 0.6) is 0 Å². The molecule has 0 aliphatic carbocycles. The third-order valence-electron chi connectivity index (χ3n) is 2.24. The van der Waals surface area contributed by atoms with E-state index in [1.807, 2.05) is 4.90 Å². The third-order valence-corrected chi connectivity index (χ3v) is 2.97. The van der Waals surface area contributed by atoms with Crippen LogP contribution in [0.25, 0.3) is 0 Å². The second-order valence-corrected chi connectivity index (χ2v) is 4.10. The fraction of sp³-hybridized carbons (Fsp3) is 0.667. The maximum absolute atomic E-state index is 12.8. The van der Waals surface area contributed by atoms with Gasteiger partial charge in [-0.3, -0.25) is 9.69 Å². The zero-order valence-corrected chi connectivity index (χ0v) is 8.95. The SMILES string of the molecule is C=C(C)C(=O)C(P)N1CCC(F)C1. The lowest BCUT2D eigenvalue weighted by Gasteiger charge is -2.21. The first-order chi connectivity index (χ1) is 6.02. The van der Waals surface area contributed by atoms with Crippen molar-refractivity contribution in [2.75, 3.05) is 13.1 Å². The Hall–Kier alpha value is -0.270. The second-order valence-electron chi connectivity index (χ2n) is 3.47. The molecule has 3 unspecified atom stereocenters. The summed E-state index contributed by atoms with van der Waals surface area (Å²) >= 11 is 0. The standard InChI is InChI=1S/C9H15FNOP/c1-6(2)8(12)9(13)11-4-3-7(10)5-11/h7,9H,1,3-5,13H2,2H3. The molecule has 0 N–H and O–H groups in total. The van der Waals surface area contributed by atoms with Crippen LogP contribution in [-0.2, 0) is 4.79 Å². The van der Waals surface area contributed by atoms with Crippen molar-refractivity contribution in [1.82, 2.24) is 4.90 Å². The summed E-state index contributed by atoms with van der Waals surface area (Å²) in [6.07, 6.45) is -0.241. The van der Waals surface area contributed by atoms with Gasteiger partial charge < -0.3 is 0 Å². The fourth-order valence-electron chi connectivity index (χ4n) is 1.41. The summed E-state index contributed by atoms with van der Waals surface area (Å²) in [6.45, 7) is 6.30. The molecule has 1 fully saturated rings. The number of hydrogen-bond acceptors (Lipinski definition) is 2. The van der Waals surface area contributed by atoms with Crippen LogP contribution in [-0.4, -0.2) is 35.7 Å². The van der Waals surface area contributed by atoms with E-state index in [1.54, 1.807) is 6.92 Å². The highest BCUT2D eigenvalue weighted by Crippen LogP contribution is 2.20. The first-order valence-electron chi connectivity index (χ1n) is 4.36. The summed E-state index contributed by atoms with van der Waals surface area (Å²) in [5.41, 5.74) is 0.530. The molecule has 0 aromatic carbocycles. The number of carbonyl (C=O) groups excluding carboxylic acids is 1. The van der Waals surface area contributed by atoms with Gasteiger partial charge in [-0.2, -0.15) is 0 Å². The molecular weight excluding hydrogens is 188 g/mol. The lowest BCUT2D eigenvalue weighted by molar-refractivity contribution is -0.117. The van der Waals surface area contributed by atoms with Crippen LogP contribution in [0, 0.1) is 0 Å². The number of rotatable bonds is 3. The molecular formula is C9H15FNOP. The molecule has 74 valence electrons. The second kappa shape index (κ2) is 4.30. The lowest BCUT2D eigenvalue weighted by Crippen LogP contribution is -2.35. The Morgan fingerprint density at radius 1 is 1.77 bits per heavy atom. The van der Waals surface area contributed by atoms with Gasteiger partial charge in [-0.25, -0.2) is 4.39 Å². The lowest BCUT2D eigenvalue weighted by atomic mass is 10.2. The number of alkyl halides is 1. The molecule has 0 aromatic heterocycles. The van der Waals surface area contributed by atoms with E-state index < -0.39 is 6.17 Å². The van der Waals surface area contributed by atoms with Crippen LogP contribution in [0.4, 0.5) is 4.39 Å². The van der Waals surface area contributed by atoms with Crippen molar-refractivity contribution in [3.05, 3.63) is 12.2 Å². The minimum absolute atomic E-state index is 0.0147. The average molecular weight is 203 g/mol. The highest BCUT2D eigenvalue weighted by atomic mass is 31.0. The Labute approximate surface area is 80.4 Å². The van der Waals surface area contributed by atoms with Crippen LogP contribution in [0.15, 0.2) is 12.2 Å². The minimum Gasteiger partial charge on any atom is -0.292 e. The number of carbonyl (C=O) groups is 1. The number of halogens is 1. The van der Waals surface area contributed by atoms with Crippen molar-refractivity contribution in [3.63, 3.8) is 0 Å². The summed E-state index contributed by atoms with van der Waals surface area (Å²) < 4.78 is 12.8. The van der Waals surface area contributed by atoms with Gasteiger partial charge in [-0.1, -0.05) is 6.58 Å². The van der Waals surface area contributed by atoms with Crippen molar-refractivity contribution in [2.45, 2.75) is 25.3 Å². The third kappa shape index (κ3) is 2.58. The van der Waals surface area contributed by atoms with E-state index in [0.717, 1.165) is 0 Å². The molecule has 1 heterocycles. The zero-order valence-electron chi connectivity index (χ0n) is 7.79. The monoisotopic (exact) mass is 203 g/mol. The molecule has 1 aliphatic rings. The van der Waals surface area contributed by atoms with Gasteiger partial charge >= 0.3 is 0 Å². The molecule has 1 saturated heterocycles. The van der Waals surface area contributed by atoms with Gasteiger partial charge in [-0.15, -0.1) is 9.24 Å². The maximum atomic E-state index is 12.8. The fourth-order valence-corrected chi connectivity index (χ4v) is 1.97. The van der Waals surface area contributed by atoms with Gasteiger partial charge in [0.05, 0.1) is 5.78 Å². The molecule has 2 nitrogen and oxygen atoms in total. The predicted molar refractivity (Wildman–Crippen MR) is 54.4 cm³/mol. The number of ketones is 1. The Balaban J connectivity index is 2.53. The topological polar surface area (TPSA) is 20.3 Å². The van der Waals surface area contributed by atoms with Gasteiger partial charge in [0.1, 0.15) is 6.17 Å². The molecule has 13 heavy (non-hydrogen) atoms.